The lowest BCUT2D eigenvalue weighted by molar-refractivity contribution is -0.139. The van der Waals surface area contributed by atoms with E-state index >= 15 is 0 Å². The molecule has 0 unspecified atom stereocenters. The summed E-state index contributed by atoms with van der Waals surface area (Å²) in [6.45, 7) is 3.43. The maximum absolute atomic E-state index is 11.0. The predicted molar refractivity (Wildman–Crippen MR) is 72.7 cm³/mol. The minimum absolute atomic E-state index is 0.0746. The summed E-state index contributed by atoms with van der Waals surface area (Å²) >= 11 is 0. The van der Waals surface area contributed by atoms with E-state index in [4.69, 9.17) is 16.2 Å². The minimum atomic E-state index is -0.812. The maximum Gasteiger partial charge on any atom is 0.320 e. The third-order valence-corrected chi connectivity index (χ3v) is 2.70. The Bertz CT molecular complexity index is 246. The molecule has 6 N–H and O–H groups in total. The van der Waals surface area contributed by atoms with Crippen molar-refractivity contribution in [1.29, 1.82) is 5.41 Å². The Morgan fingerprint density at radius 2 is 2.00 bits per heavy atom. The van der Waals surface area contributed by atoms with E-state index in [0.29, 0.717) is 19.4 Å². The van der Waals surface area contributed by atoms with Crippen molar-refractivity contribution >= 4 is 11.9 Å². The van der Waals surface area contributed by atoms with Gasteiger partial charge in [-0.2, -0.15) is 0 Å². The number of nitrogens with two attached hydrogens (primary N) is 1. The highest BCUT2D eigenvalue weighted by molar-refractivity contribution is 5.74. The van der Waals surface area contributed by atoms with Crippen molar-refractivity contribution in [3.63, 3.8) is 0 Å². The topological polar surface area (TPSA) is 111 Å². The molecule has 0 aliphatic carbocycles. The Hall–Kier alpha value is -1.30. The summed E-state index contributed by atoms with van der Waals surface area (Å²) in [5, 5.41) is 21.7. The first-order valence-corrected chi connectivity index (χ1v) is 6.62. The molecule has 0 aliphatic rings. The molecule has 0 amide bonds. The number of carboxylic acid groups (broad SMARTS) is 1. The summed E-state index contributed by atoms with van der Waals surface area (Å²) in [5.41, 5.74) is 5.14. The Balaban J connectivity index is 3.65. The molecule has 0 saturated heterocycles. The van der Waals surface area contributed by atoms with Crippen LogP contribution in [0.15, 0.2) is 0 Å². The molecule has 0 radical (unpaired) electrons. The summed E-state index contributed by atoms with van der Waals surface area (Å²) in [5.74, 6) is -0.886. The highest BCUT2D eigenvalue weighted by Crippen LogP contribution is 2.00. The highest BCUT2D eigenvalue weighted by Gasteiger charge is 2.15. The van der Waals surface area contributed by atoms with Gasteiger partial charge in [-0.05, 0) is 25.8 Å². The van der Waals surface area contributed by atoms with Gasteiger partial charge in [-0.25, -0.2) is 0 Å². The quantitative estimate of drug-likeness (QED) is 0.214. The molecule has 18 heavy (non-hydrogen) atoms. The van der Waals surface area contributed by atoms with Crippen LogP contribution in [0.1, 0.15) is 45.4 Å². The van der Waals surface area contributed by atoms with Crippen LogP contribution in [-0.2, 0) is 4.79 Å². The van der Waals surface area contributed by atoms with Gasteiger partial charge in [0.25, 0.3) is 0 Å². The standard InChI is InChI=1S/C12H26N4O2/c1-2-3-4-5-8-15-10(11(17)18)7-6-9-16-12(13)14/h10,15H,2-9H2,1H3,(H,17,18)(H4,13,14,16)/t10-/m0/s1. The third-order valence-electron chi connectivity index (χ3n) is 2.70. The van der Waals surface area contributed by atoms with E-state index in [2.05, 4.69) is 17.6 Å². The van der Waals surface area contributed by atoms with Crippen LogP contribution in [-0.4, -0.2) is 36.2 Å². The van der Waals surface area contributed by atoms with Crippen molar-refractivity contribution in [3.05, 3.63) is 0 Å². The van der Waals surface area contributed by atoms with Gasteiger partial charge in [0.2, 0.25) is 0 Å². The van der Waals surface area contributed by atoms with E-state index in [1.54, 1.807) is 0 Å². The van der Waals surface area contributed by atoms with Gasteiger partial charge in [-0.15, -0.1) is 0 Å². The Kier molecular flexibility index (Phi) is 10.0. The molecule has 1 atom stereocenters. The number of carbonyl (C=O) groups is 1. The van der Waals surface area contributed by atoms with Crippen molar-refractivity contribution in [2.45, 2.75) is 51.5 Å². The second-order valence-electron chi connectivity index (χ2n) is 4.39. The molecule has 0 rings (SSSR count). The Morgan fingerprint density at radius 3 is 2.56 bits per heavy atom. The van der Waals surface area contributed by atoms with Gasteiger partial charge in [0.1, 0.15) is 6.04 Å². The van der Waals surface area contributed by atoms with E-state index in [0.717, 1.165) is 19.4 Å². The first-order valence-electron chi connectivity index (χ1n) is 6.62. The van der Waals surface area contributed by atoms with Gasteiger partial charge in [0.15, 0.2) is 5.96 Å². The zero-order valence-corrected chi connectivity index (χ0v) is 11.2. The molecule has 0 aromatic heterocycles. The first-order chi connectivity index (χ1) is 8.57. The van der Waals surface area contributed by atoms with Crippen molar-refractivity contribution in [2.24, 2.45) is 5.73 Å². The number of hydrogen-bond acceptors (Lipinski definition) is 3. The van der Waals surface area contributed by atoms with Crippen LogP contribution in [0, 0.1) is 5.41 Å². The summed E-state index contributed by atoms with van der Waals surface area (Å²) in [6, 6.07) is -0.500. The van der Waals surface area contributed by atoms with Crippen LogP contribution < -0.4 is 16.4 Å². The lowest BCUT2D eigenvalue weighted by Crippen LogP contribution is -2.38. The Morgan fingerprint density at radius 1 is 1.28 bits per heavy atom. The monoisotopic (exact) mass is 258 g/mol. The molecule has 0 fully saturated rings. The van der Waals surface area contributed by atoms with E-state index in [9.17, 15) is 4.79 Å². The van der Waals surface area contributed by atoms with E-state index in [-0.39, 0.29) is 5.96 Å². The third kappa shape index (κ3) is 9.89. The van der Waals surface area contributed by atoms with Crippen molar-refractivity contribution < 1.29 is 9.90 Å². The molecule has 0 aliphatic heterocycles. The summed E-state index contributed by atoms with van der Waals surface area (Å²) in [7, 11) is 0. The van der Waals surface area contributed by atoms with Crippen LogP contribution in [0.2, 0.25) is 0 Å². The lowest BCUT2D eigenvalue weighted by atomic mass is 10.1. The number of hydrogen-bond donors (Lipinski definition) is 5. The molecule has 0 aromatic carbocycles. The molecule has 106 valence electrons. The minimum Gasteiger partial charge on any atom is -0.480 e. The number of unbranched alkanes of at least 4 members (excludes halogenated alkanes) is 3. The van der Waals surface area contributed by atoms with Crippen molar-refractivity contribution in [2.75, 3.05) is 13.1 Å². The summed E-state index contributed by atoms with van der Waals surface area (Å²) < 4.78 is 0. The summed E-state index contributed by atoms with van der Waals surface area (Å²) in [6.07, 6.45) is 5.76. The number of carboxylic acids is 1. The number of aliphatic carboxylic acids is 1. The van der Waals surface area contributed by atoms with Crippen LogP contribution >= 0.6 is 0 Å². The van der Waals surface area contributed by atoms with Gasteiger partial charge < -0.3 is 21.5 Å². The first kappa shape index (κ1) is 16.7. The number of guanidine groups is 1. The maximum atomic E-state index is 11.0. The van der Waals surface area contributed by atoms with E-state index in [1.807, 2.05) is 0 Å². The van der Waals surface area contributed by atoms with Gasteiger partial charge in [-0.1, -0.05) is 26.2 Å². The largest absolute Gasteiger partial charge is 0.480 e. The normalized spacial score (nSPS) is 12.1. The predicted octanol–water partition coefficient (Wildman–Crippen LogP) is 0.873. The molecular weight excluding hydrogens is 232 g/mol. The van der Waals surface area contributed by atoms with Crippen LogP contribution in [0.5, 0.6) is 0 Å². The van der Waals surface area contributed by atoms with E-state index < -0.39 is 12.0 Å². The van der Waals surface area contributed by atoms with Crippen molar-refractivity contribution in [3.8, 4) is 0 Å². The number of rotatable bonds is 11. The van der Waals surface area contributed by atoms with Gasteiger partial charge in [0.05, 0.1) is 0 Å². The van der Waals surface area contributed by atoms with E-state index in [1.165, 1.54) is 12.8 Å². The molecule has 0 heterocycles. The fraction of sp³-hybridized carbons (Fsp3) is 0.833. The summed E-state index contributed by atoms with van der Waals surface area (Å²) in [4.78, 5) is 11.0. The van der Waals surface area contributed by atoms with Gasteiger partial charge in [-0.3, -0.25) is 10.2 Å². The zero-order valence-electron chi connectivity index (χ0n) is 11.2. The molecule has 6 heteroatoms. The highest BCUT2D eigenvalue weighted by atomic mass is 16.4. The fourth-order valence-corrected chi connectivity index (χ4v) is 1.67. The Labute approximate surface area is 109 Å². The SMILES string of the molecule is CCCCCCN[C@@H](CCCNC(=N)N)C(=O)O. The molecular formula is C12H26N4O2. The lowest BCUT2D eigenvalue weighted by Gasteiger charge is -2.14. The zero-order chi connectivity index (χ0) is 13.8. The second-order valence-corrected chi connectivity index (χ2v) is 4.39. The van der Waals surface area contributed by atoms with Crippen LogP contribution in [0.4, 0.5) is 0 Å². The molecule has 0 saturated carbocycles. The molecule has 0 spiro atoms. The van der Waals surface area contributed by atoms with Crippen LogP contribution in [0.25, 0.3) is 0 Å². The molecule has 6 nitrogen and oxygen atoms in total. The smallest absolute Gasteiger partial charge is 0.320 e. The fourth-order valence-electron chi connectivity index (χ4n) is 1.67. The number of nitrogens with one attached hydrogen (secondary N) is 3. The van der Waals surface area contributed by atoms with Gasteiger partial charge in [0, 0.05) is 6.54 Å². The van der Waals surface area contributed by atoms with Gasteiger partial charge >= 0.3 is 5.97 Å². The average Bonchev–Trinajstić information content (AvgIpc) is 2.30. The molecule has 0 bridgehead atoms. The van der Waals surface area contributed by atoms with Crippen molar-refractivity contribution in [1.82, 2.24) is 10.6 Å². The average molecular weight is 258 g/mol. The molecule has 0 aromatic rings. The van der Waals surface area contributed by atoms with Crippen LogP contribution in [0.3, 0.4) is 0 Å². The second kappa shape index (κ2) is 10.8.